The van der Waals surface area contributed by atoms with Crippen molar-refractivity contribution in [1.29, 1.82) is 0 Å². The van der Waals surface area contributed by atoms with Gasteiger partial charge in [0.2, 0.25) is 0 Å². The Morgan fingerprint density at radius 3 is 2.00 bits per heavy atom. The number of nitrogens with zero attached hydrogens (tertiary/aromatic N) is 2. The van der Waals surface area contributed by atoms with Gasteiger partial charge < -0.3 is 14.2 Å². The smallest absolute Gasteiger partial charge is 0.347 e. The van der Waals surface area contributed by atoms with Crippen LogP contribution in [0.3, 0.4) is 0 Å². The van der Waals surface area contributed by atoms with E-state index in [1.807, 2.05) is 0 Å². The Balaban J connectivity index is 1.70. The second-order valence-corrected chi connectivity index (χ2v) is 7.33. The van der Waals surface area contributed by atoms with Gasteiger partial charge in [-0.25, -0.2) is 14.4 Å². The number of carbonyl (C=O) groups excluding carboxylic acids is 2. The average molecular weight is 451 g/mol. The number of nitrogens with one attached hydrogen (secondary N) is 1. The number of hydrogen-bond donors (Lipinski definition) is 1. The van der Waals surface area contributed by atoms with Crippen molar-refractivity contribution >= 4 is 11.9 Å². The molecule has 1 fully saturated rings. The van der Waals surface area contributed by atoms with Crippen molar-refractivity contribution in [2.45, 2.75) is 37.9 Å². The molecule has 0 saturated carbocycles. The average Bonchev–Trinajstić information content (AvgIpc) is 3.16. The highest BCUT2D eigenvalue weighted by Crippen LogP contribution is 2.35. The van der Waals surface area contributed by atoms with Crippen molar-refractivity contribution in [3.8, 4) is 0 Å². The van der Waals surface area contributed by atoms with E-state index >= 15 is 0 Å². The third-order valence-electron chi connectivity index (χ3n) is 5.17. The van der Waals surface area contributed by atoms with E-state index in [-0.39, 0.29) is 5.56 Å². The molecule has 1 aliphatic rings. The van der Waals surface area contributed by atoms with Crippen LogP contribution in [0.4, 0.5) is 0 Å². The van der Waals surface area contributed by atoms with Crippen LogP contribution in [0.5, 0.6) is 0 Å². The summed E-state index contributed by atoms with van der Waals surface area (Å²) in [5.74, 6) is -1.32. The number of hydrogen-bond acceptors (Lipinski definition) is 8. The normalized spacial score (nSPS) is 22.0. The van der Waals surface area contributed by atoms with Crippen LogP contribution >= 0.6 is 0 Å². The molecule has 3 aromatic rings. The zero-order valence-corrected chi connectivity index (χ0v) is 17.6. The fourth-order valence-corrected chi connectivity index (χ4v) is 3.58. The Morgan fingerprint density at radius 2 is 1.48 bits per heavy atom. The molecule has 10 heteroatoms. The van der Waals surface area contributed by atoms with E-state index in [4.69, 9.17) is 14.2 Å². The van der Waals surface area contributed by atoms with Crippen LogP contribution in [0, 0.1) is 0 Å². The molecular weight excluding hydrogens is 430 g/mol. The van der Waals surface area contributed by atoms with Crippen LogP contribution < -0.4 is 11.2 Å². The van der Waals surface area contributed by atoms with Crippen molar-refractivity contribution in [1.82, 2.24) is 14.8 Å². The standard InChI is InChI=1S/C23H21N3O7/c1-2-16-18(32-21(28)14-9-5-3-6-10-14)19(33-22(29)15-11-7-4-8-12-15)20(31-16)26-23(30)25-17(27)13-24-26/h3-13,16,18-20H,2H2,1H3,(H,25,27,30)/t16-,18+,19?,20-/m1/s1. The number of rotatable bonds is 6. The Hall–Kier alpha value is -4.05. The van der Waals surface area contributed by atoms with E-state index in [0.717, 1.165) is 10.9 Å². The number of H-pyrrole nitrogens is 1. The quantitative estimate of drug-likeness (QED) is 0.561. The van der Waals surface area contributed by atoms with E-state index in [0.29, 0.717) is 12.0 Å². The number of ether oxygens (including phenoxy) is 3. The van der Waals surface area contributed by atoms with E-state index < -0.39 is 47.7 Å². The summed E-state index contributed by atoms with van der Waals surface area (Å²) in [6.07, 6.45) is -2.85. The van der Waals surface area contributed by atoms with Crippen LogP contribution in [-0.4, -0.2) is 45.0 Å². The first kappa shape index (κ1) is 22.2. The molecule has 4 rings (SSSR count). The number of esters is 2. The molecule has 170 valence electrons. The van der Waals surface area contributed by atoms with Crippen LogP contribution in [0.25, 0.3) is 0 Å². The van der Waals surface area contributed by atoms with E-state index in [9.17, 15) is 19.2 Å². The first-order valence-electron chi connectivity index (χ1n) is 10.3. The van der Waals surface area contributed by atoms with E-state index in [1.54, 1.807) is 67.6 Å². The summed E-state index contributed by atoms with van der Waals surface area (Å²) in [4.78, 5) is 51.5. The third kappa shape index (κ3) is 4.75. The predicted octanol–water partition coefficient (Wildman–Crippen LogP) is 1.69. The molecular formula is C23H21N3O7. The highest BCUT2D eigenvalue weighted by atomic mass is 16.6. The van der Waals surface area contributed by atoms with Crippen LogP contribution in [-0.2, 0) is 14.2 Å². The number of aromatic nitrogens is 3. The second kappa shape index (κ2) is 9.61. The lowest BCUT2D eigenvalue weighted by Gasteiger charge is -2.24. The minimum atomic E-state index is -1.22. The number of benzene rings is 2. The van der Waals surface area contributed by atoms with E-state index in [2.05, 4.69) is 10.1 Å². The molecule has 0 radical (unpaired) electrons. The van der Waals surface area contributed by atoms with Crippen molar-refractivity contribution < 1.29 is 23.8 Å². The summed E-state index contributed by atoms with van der Waals surface area (Å²) in [5, 5.41) is 3.83. The van der Waals surface area contributed by atoms with Gasteiger partial charge in [0.1, 0.15) is 12.3 Å². The van der Waals surface area contributed by atoms with Gasteiger partial charge in [-0.15, -0.1) is 0 Å². The summed E-state index contributed by atoms with van der Waals surface area (Å²) in [7, 11) is 0. The van der Waals surface area contributed by atoms with Crippen molar-refractivity contribution in [2.75, 3.05) is 0 Å². The van der Waals surface area contributed by atoms with Crippen molar-refractivity contribution in [2.24, 2.45) is 0 Å². The Bertz CT molecular complexity index is 1240. The Morgan fingerprint density at radius 1 is 0.939 bits per heavy atom. The molecule has 0 spiro atoms. The molecule has 0 bridgehead atoms. The van der Waals surface area contributed by atoms with Gasteiger partial charge >= 0.3 is 17.6 Å². The highest BCUT2D eigenvalue weighted by Gasteiger charge is 2.50. The van der Waals surface area contributed by atoms with Gasteiger partial charge in [0, 0.05) is 0 Å². The van der Waals surface area contributed by atoms with Gasteiger partial charge in [0.15, 0.2) is 18.4 Å². The molecule has 33 heavy (non-hydrogen) atoms. The summed E-state index contributed by atoms with van der Waals surface area (Å²) >= 11 is 0. The molecule has 1 aromatic heterocycles. The summed E-state index contributed by atoms with van der Waals surface area (Å²) in [6.45, 7) is 1.80. The molecule has 0 amide bonds. The zero-order valence-electron chi connectivity index (χ0n) is 17.6. The molecule has 1 saturated heterocycles. The minimum Gasteiger partial charge on any atom is -0.452 e. The molecule has 1 aliphatic heterocycles. The van der Waals surface area contributed by atoms with Crippen LogP contribution in [0.2, 0.25) is 0 Å². The van der Waals surface area contributed by atoms with E-state index in [1.165, 1.54) is 0 Å². The van der Waals surface area contributed by atoms with Crippen LogP contribution in [0.15, 0.2) is 76.4 Å². The highest BCUT2D eigenvalue weighted by molar-refractivity contribution is 5.90. The molecule has 2 heterocycles. The predicted molar refractivity (Wildman–Crippen MR) is 115 cm³/mol. The lowest BCUT2D eigenvalue weighted by molar-refractivity contribution is -0.0592. The molecule has 10 nitrogen and oxygen atoms in total. The molecule has 0 aliphatic carbocycles. The van der Waals surface area contributed by atoms with Gasteiger partial charge in [0.25, 0.3) is 5.56 Å². The molecule has 1 unspecified atom stereocenters. The minimum absolute atomic E-state index is 0.270. The topological polar surface area (TPSA) is 130 Å². The third-order valence-corrected chi connectivity index (χ3v) is 5.17. The molecule has 1 N–H and O–H groups in total. The number of carbonyl (C=O) groups is 2. The van der Waals surface area contributed by atoms with Gasteiger partial charge in [0.05, 0.1) is 11.1 Å². The van der Waals surface area contributed by atoms with Gasteiger partial charge in [-0.2, -0.15) is 9.78 Å². The zero-order chi connectivity index (χ0) is 23.4. The monoisotopic (exact) mass is 451 g/mol. The van der Waals surface area contributed by atoms with Gasteiger partial charge in [-0.1, -0.05) is 43.3 Å². The van der Waals surface area contributed by atoms with Crippen molar-refractivity contribution in [3.63, 3.8) is 0 Å². The summed E-state index contributed by atoms with van der Waals surface area (Å²) in [6, 6.07) is 16.6. The summed E-state index contributed by atoms with van der Waals surface area (Å²) in [5.41, 5.74) is -0.960. The lowest BCUT2D eigenvalue weighted by atomic mass is 10.1. The first-order chi connectivity index (χ1) is 16.0. The molecule has 2 aromatic carbocycles. The van der Waals surface area contributed by atoms with Gasteiger partial charge in [-0.3, -0.25) is 9.78 Å². The maximum Gasteiger partial charge on any atom is 0.347 e. The maximum atomic E-state index is 12.8. The fraction of sp³-hybridized carbons (Fsp3) is 0.261. The first-order valence-corrected chi connectivity index (χ1v) is 10.3. The maximum absolute atomic E-state index is 12.8. The van der Waals surface area contributed by atoms with Crippen molar-refractivity contribution in [3.05, 3.63) is 98.8 Å². The van der Waals surface area contributed by atoms with Gasteiger partial charge in [-0.05, 0) is 30.7 Å². The largest absolute Gasteiger partial charge is 0.452 e. The fourth-order valence-electron chi connectivity index (χ4n) is 3.58. The summed E-state index contributed by atoms with van der Waals surface area (Å²) < 4.78 is 18.2. The SMILES string of the molecule is CC[C@H]1O[C@@H](n2ncc(=O)[nH]c2=O)C(OC(=O)c2ccccc2)[C@H]1OC(=O)c1ccccc1. The Kier molecular flexibility index (Phi) is 6.45. The molecule has 4 atom stereocenters. The second-order valence-electron chi connectivity index (χ2n) is 7.33. The lowest BCUT2D eigenvalue weighted by Crippen LogP contribution is -2.43. The number of aromatic amines is 1. The van der Waals surface area contributed by atoms with Crippen LogP contribution in [0.1, 0.15) is 40.3 Å². The Labute approximate surface area is 187 Å².